The molecule has 29 heavy (non-hydrogen) atoms. The highest BCUT2D eigenvalue weighted by atomic mass is 35.5. The molecule has 0 spiro atoms. The summed E-state index contributed by atoms with van der Waals surface area (Å²) < 4.78 is 20.3. The lowest BCUT2D eigenvalue weighted by Crippen LogP contribution is -2.39. The predicted octanol–water partition coefficient (Wildman–Crippen LogP) is 5.22. The molecule has 4 unspecified atom stereocenters. The monoisotopic (exact) mass is 419 g/mol. The fraction of sp³-hybridized carbons (Fsp3) is 0.435. The van der Waals surface area contributed by atoms with Gasteiger partial charge in [-0.1, -0.05) is 50.6 Å². The molecule has 0 aliphatic carbocycles. The molecule has 1 saturated heterocycles. The van der Waals surface area contributed by atoms with Crippen LogP contribution >= 0.6 is 11.6 Å². The third-order valence-electron chi connectivity index (χ3n) is 5.50. The minimum absolute atomic E-state index is 0.0797. The number of hydrogen-bond donors (Lipinski definition) is 2. The summed E-state index contributed by atoms with van der Waals surface area (Å²) in [5, 5.41) is 13.7. The second-order valence-corrected chi connectivity index (χ2v) is 9.22. The molecule has 6 heteroatoms. The number of benzene rings is 2. The fourth-order valence-corrected chi connectivity index (χ4v) is 4.66. The van der Waals surface area contributed by atoms with E-state index in [1.165, 1.54) is 13.2 Å². The smallest absolute Gasteiger partial charge is 0.321 e. The van der Waals surface area contributed by atoms with Gasteiger partial charge >= 0.3 is 5.97 Å². The fourth-order valence-electron chi connectivity index (χ4n) is 4.40. The van der Waals surface area contributed by atoms with Crippen LogP contribution < -0.4 is 10.1 Å². The van der Waals surface area contributed by atoms with E-state index in [9.17, 15) is 9.90 Å². The van der Waals surface area contributed by atoms with Crippen molar-refractivity contribution in [1.82, 2.24) is 5.32 Å². The van der Waals surface area contributed by atoms with Gasteiger partial charge < -0.3 is 15.2 Å². The zero-order valence-electron chi connectivity index (χ0n) is 17.1. The van der Waals surface area contributed by atoms with Crippen molar-refractivity contribution in [2.24, 2.45) is 5.41 Å². The number of carboxylic acids is 1. The summed E-state index contributed by atoms with van der Waals surface area (Å²) in [4.78, 5) is 12.2. The summed E-state index contributed by atoms with van der Waals surface area (Å²) >= 11 is 6.47. The first-order valence-electron chi connectivity index (χ1n) is 9.69. The maximum absolute atomic E-state index is 15.0. The number of hydrogen-bond acceptors (Lipinski definition) is 3. The molecule has 2 aromatic rings. The third-order valence-corrected chi connectivity index (χ3v) is 5.84. The topological polar surface area (TPSA) is 58.6 Å². The average molecular weight is 420 g/mol. The van der Waals surface area contributed by atoms with Crippen LogP contribution in [-0.2, 0) is 4.79 Å². The lowest BCUT2D eigenvalue weighted by molar-refractivity contribution is -0.139. The maximum Gasteiger partial charge on any atom is 0.321 e. The van der Waals surface area contributed by atoms with Crippen LogP contribution in [0.2, 0.25) is 5.02 Å². The van der Waals surface area contributed by atoms with Gasteiger partial charge in [0.2, 0.25) is 0 Å². The number of methoxy groups -OCH3 is 1. The molecular formula is C23H27ClFNO3. The van der Waals surface area contributed by atoms with Crippen molar-refractivity contribution >= 4 is 17.6 Å². The van der Waals surface area contributed by atoms with Crippen LogP contribution in [-0.4, -0.2) is 30.3 Å². The van der Waals surface area contributed by atoms with Crippen molar-refractivity contribution < 1.29 is 19.0 Å². The van der Waals surface area contributed by atoms with E-state index < -0.39 is 23.8 Å². The molecule has 2 aromatic carbocycles. The molecule has 4 atom stereocenters. The standard InChI is InChI=1S/C23H27ClFNO3/c1-23(2,3)12-18-19(15-11-13(29-4)9-10-17(15)25)20(21(26-18)22(27)28)14-7-5-6-8-16(14)24/h5-11,18-21,26H,12H2,1-4H3,(H,27,28). The number of carboxylic acid groups (broad SMARTS) is 1. The average Bonchev–Trinajstić information content (AvgIpc) is 3.00. The normalized spacial score (nSPS) is 24.5. The molecule has 1 fully saturated rings. The van der Waals surface area contributed by atoms with Crippen LogP contribution in [0.25, 0.3) is 0 Å². The Bertz CT molecular complexity index is 896. The van der Waals surface area contributed by atoms with Gasteiger partial charge in [0.25, 0.3) is 0 Å². The Labute approximate surface area is 176 Å². The van der Waals surface area contributed by atoms with Gasteiger partial charge in [0.15, 0.2) is 0 Å². The molecule has 156 valence electrons. The Morgan fingerprint density at radius 2 is 1.86 bits per heavy atom. The van der Waals surface area contributed by atoms with Crippen LogP contribution in [0.1, 0.15) is 50.2 Å². The van der Waals surface area contributed by atoms with E-state index in [1.807, 2.05) is 12.1 Å². The molecule has 1 heterocycles. The number of nitrogens with one attached hydrogen (secondary N) is 1. The Kier molecular flexibility index (Phi) is 6.20. The maximum atomic E-state index is 15.0. The first-order chi connectivity index (χ1) is 13.6. The van der Waals surface area contributed by atoms with Crippen LogP contribution in [0.3, 0.4) is 0 Å². The van der Waals surface area contributed by atoms with Crippen molar-refractivity contribution in [3.63, 3.8) is 0 Å². The second-order valence-electron chi connectivity index (χ2n) is 8.81. The first-order valence-corrected chi connectivity index (χ1v) is 10.1. The minimum Gasteiger partial charge on any atom is -0.497 e. The van der Waals surface area contributed by atoms with Crippen LogP contribution in [0.15, 0.2) is 42.5 Å². The van der Waals surface area contributed by atoms with E-state index in [-0.39, 0.29) is 17.3 Å². The van der Waals surface area contributed by atoms with E-state index in [4.69, 9.17) is 16.3 Å². The highest BCUT2D eigenvalue weighted by Gasteiger charge is 2.49. The summed E-state index contributed by atoms with van der Waals surface area (Å²) in [5.41, 5.74) is 1.07. The number of ether oxygens (including phenoxy) is 1. The molecule has 0 saturated carbocycles. The molecule has 1 aliphatic heterocycles. The Morgan fingerprint density at radius 3 is 2.45 bits per heavy atom. The molecule has 0 aromatic heterocycles. The number of halogens is 2. The van der Waals surface area contributed by atoms with Crippen LogP contribution in [0, 0.1) is 11.2 Å². The number of rotatable bonds is 5. The third kappa shape index (κ3) is 4.57. The first kappa shape index (κ1) is 21.6. The summed E-state index contributed by atoms with van der Waals surface area (Å²) in [6, 6.07) is 10.7. The number of carbonyl (C=O) groups is 1. The van der Waals surface area contributed by atoms with E-state index in [1.54, 1.807) is 24.3 Å². The molecule has 0 amide bonds. The van der Waals surface area contributed by atoms with E-state index >= 15 is 4.39 Å². The Hall–Kier alpha value is -2.11. The molecule has 0 bridgehead atoms. The quantitative estimate of drug-likeness (QED) is 0.697. The van der Waals surface area contributed by atoms with E-state index in [2.05, 4.69) is 26.1 Å². The van der Waals surface area contributed by atoms with Gasteiger partial charge in [0.05, 0.1) is 7.11 Å². The van der Waals surface area contributed by atoms with Gasteiger partial charge in [-0.2, -0.15) is 0 Å². The lowest BCUT2D eigenvalue weighted by Gasteiger charge is -2.30. The van der Waals surface area contributed by atoms with Crippen molar-refractivity contribution in [2.75, 3.05) is 7.11 Å². The summed E-state index contributed by atoms with van der Waals surface area (Å²) in [6.45, 7) is 6.27. The van der Waals surface area contributed by atoms with Crippen LogP contribution in [0.4, 0.5) is 4.39 Å². The van der Waals surface area contributed by atoms with Crippen molar-refractivity contribution in [2.45, 2.75) is 51.1 Å². The SMILES string of the molecule is COc1ccc(F)c(C2C(CC(C)(C)C)NC(C(=O)O)C2c2ccccc2Cl)c1. The van der Waals surface area contributed by atoms with Gasteiger partial charge in [0.1, 0.15) is 17.6 Å². The molecule has 3 rings (SSSR count). The summed E-state index contributed by atoms with van der Waals surface area (Å²) in [6.07, 6.45) is 0.680. The number of aliphatic carboxylic acids is 1. The molecule has 0 radical (unpaired) electrons. The highest BCUT2D eigenvalue weighted by Crippen LogP contribution is 2.49. The van der Waals surface area contributed by atoms with Gasteiger partial charge in [-0.05, 0) is 47.2 Å². The lowest BCUT2D eigenvalue weighted by atomic mass is 9.74. The largest absolute Gasteiger partial charge is 0.497 e. The van der Waals surface area contributed by atoms with Gasteiger partial charge in [-0.3, -0.25) is 4.79 Å². The minimum atomic E-state index is -0.973. The highest BCUT2D eigenvalue weighted by molar-refractivity contribution is 6.31. The van der Waals surface area contributed by atoms with E-state index in [0.29, 0.717) is 28.3 Å². The van der Waals surface area contributed by atoms with E-state index in [0.717, 1.165) is 0 Å². The summed E-state index contributed by atoms with van der Waals surface area (Å²) in [7, 11) is 1.53. The zero-order chi connectivity index (χ0) is 21.3. The van der Waals surface area contributed by atoms with Crippen LogP contribution in [0.5, 0.6) is 5.75 Å². The molecule has 4 nitrogen and oxygen atoms in total. The second kappa shape index (κ2) is 8.33. The van der Waals surface area contributed by atoms with Crippen molar-refractivity contribution in [1.29, 1.82) is 0 Å². The molecular weight excluding hydrogens is 393 g/mol. The predicted molar refractivity (Wildman–Crippen MR) is 112 cm³/mol. The molecule has 1 aliphatic rings. The van der Waals surface area contributed by atoms with Crippen molar-refractivity contribution in [3.8, 4) is 5.75 Å². The summed E-state index contributed by atoms with van der Waals surface area (Å²) in [5.74, 6) is -1.74. The Balaban J connectivity index is 2.20. The molecule has 2 N–H and O–H groups in total. The zero-order valence-corrected chi connectivity index (χ0v) is 17.8. The van der Waals surface area contributed by atoms with Gasteiger partial charge in [0, 0.05) is 22.9 Å². The van der Waals surface area contributed by atoms with Crippen molar-refractivity contribution in [3.05, 3.63) is 64.4 Å². The van der Waals surface area contributed by atoms with Gasteiger partial charge in [-0.25, -0.2) is 4.39 Å². The van der Waals surface area contributed by atoms with Gasteiger partial charge in [-0.15, -0.1) is 0 Å². The Morgan fingerprint density at radius 1 is 1.17 bits per heavy atom.